The zero-order valence-corrected chi connectivity index (χ0v) is 9.74. The molecule has 0 spiro atoms. The molecule has 1 aliphatic carbocycles. The summed E-state index contributed by atoms with van der Waals surface area (Å²) in [5.74, 6) is 1.70. The second-order valence-electron chi connectivity index (χ2n) is 4.54. The molecule has 0 bridgehead atoms. The van der Waals surface area contributed by atoms with Gasteiger partial charge in [-0.05, 0) is 49.9 Å². The lowest BCUT2D eigenvalue weighted by atomic mass is 10.1. The van der Waals surface area contributed by atoms with Gasteiger partial charge in [0.05, 0.1) is 6.61 Å². The summed E-state index contributed by atoms with van der Waals surface area (Å²) in [6.07, 6.45) is 5.28. The fraction of sp³-hybridized carbons (Fsp3) is 0.500. The van der Waals surface area contributed by atoms with E-state index in [4.69, 9.17) is 4.74 Å². The Morgan fingerprint density at radius 1 is 1.25 bits per heavy atom. The topological polar surface area (TPSA) is 26.3 Å². The zero-order valence-electron chi connectivity index (χ0n) is 9.74. The van der Waals surface area contributed by atoms with Crippen LogP contribution in [0.1, 0.15) is 43.0 Å². The standard InChI is InChI=1S/C14H18O2/c1-11(15)13-6-8-14(9-7-13)16-10-12-4-2-3-5-12/h6-9,12H,2-5,10H2,1H3. The van der Waals surface area contributed by atoms with E-state index >= 15 is 0 Å². The Kier molecular flexibility index (Phi) is 3.60. The predicted octanol–water partition coefficient (Wildman–Crippen LogP) is 3.46. The molecule has 0 amide bonds. The maximum Gasteiger partial charge on any atom is 0.159 e. The number of ketones is 1. The van der Waals surface area contributed by atoms with Crippen molar-refractivity contribution in [2.75, 3.05) is 6.61 Å². The molecule has 1 saturated carbocycles. The van der Waals surface area contributed by atoms with Gasteiger partial charge in [0, 0.05) is 5.56 Å². The molecule has 0 aliphatic heterocycles. The van der Waals surface area contributed by atoms with E-state index in [0.717, 1.165) is 23.8 Å². The molecule has 0 unspecified atom stereocenters. The quantitative estimate of drug-likeness (QED) is 0.723. The zero-order chi connectivity index (χ0) is 11.4. The Labute approximate surface area is 96.6 Å². The van der Waals surface area contributed by atoms with Crippen LogP contribution in [0.25, 0.3) is 0 Å². The minimum absolute atomic E-state index is 0.0994. The third-order valence-corrected chi connectivity index (χ3v) is 3.22. The van der Waals surface area contributed by atoms with Gasteiger partial charge in [-0.2, -0.15) is 0 Å². The SMILES string of the molecule is CC(=O)c1ccc(OCC2CCCC2)cc1. The Bertz CT molecular complexity index is 348. The van der Waals surface area contributed by atoms with Crippen molar-refractivity contribution >= 4 is 5.78 Å². The summed E-state index contributed by atoms with van der Waals surface area (Å²) < 4.78 is 5.71. The molecule has 2 heteroatoms. The van der Waals surface area contributed by atoms with Crippen molar-refractivity contribution in [3.05, 3.63) is 29.8 Å². The van der Waals surface area contributed by atoms with Gasteiger partial charge in [-0.15, -0.1) is 0 Å². The number of carbonyl (C=O) groups excluding carboxylic acids is 1. The molecule has 1 aromatic rings. The normalized spacial score (nSPS) is 16.3. The lowest BCUT2D eigenvalue weighted by Gasteiger charge is -2.11. The van der Waals surface area contributed by atoms with Crippen LogP contribution in [0.15, 0.2) is 24.3 Å². The largest absolute Gasteiger partial charge is 0.493 e. The van der Waals surface area contributed by atoms with E-state index in [-0.39, 0.29) is 5.78 Å². The van der Waals surface area contributed by atoms with Crippen LogP contribution in [0.5, 0.6) is 5.75 Å². The van der Waals surface area contributed by atoms with Crippen LogP contribution >= 0.6 is 0 Å². The first-order valence-electron chi connectivity index (χ1n) is 5.99. The molecule has 1 aliphatic rings. The maximum absolute atomic E-state index is 11.1. The van der Waals surface area contributed by atoms with Gasteiger partial charge in [0.2, 0.25) is 0 Å². The summed E-state index contributed by atoms with van der Waals surface area (Å²) >= 11 is 0. The highest BCUT2D eigenvalue weighted by Gasteiger charge is 2.15. The molecule has 16 heavy (non-hydrogen) atoms. The molecular weight excluding hydrogens is 200 g/mol. The first kappa shape index (κ1) is 11.2. The van der Waals surface area contributed by atoms with E-state index in [2.05, 4.69) is 0 Å². The van der Waals surface area contributed by atoms with Crippen molar-refractivity contribution in [2.45, 2.75) is 32.6 Å². The fourth-order valence-electron chi connectivity index (χ4n) is 2.18. The van der Waals surface area contributed by atoms with Gasteiger partial charge >= 0.3 is 0 Å². The lowest BCUT2D eigenvalue weighted by molar-refractivity contribution is 0.101. The highest BCUT2D eigenvalue weighted by Crippen LogP contribution is 2.25. The predicted molar refractivity (Wildman–Crippen MR) is 63.9 cm³/mol. The third kappa shape index (κ3) is 2.84. The van der Waals surface area contributed by atoms with Crippen molar-refractivity contribution in [1.29, 1.82) is 0 Å². The van der Waals surface area contributed by atoms with Crippen molar-refractivity contribution in [3.63, 3.8) is 0 Å². The van der Waals surface area contributed by atoms with E-state index in [1.807, 2.05) is 24.3 Å². The van der Waals surface area contributed by atoms with Crippen LogP contribution in [0.2, 0.25) is 0 Å². The molecule has 86 valence electrons. The molecule has 0 N–H and O–H groups in total. The number of ether oxygens (including phenoxy) is 1. The second kappa shape index (κ2) is 5.15. The molecule has 0 atom stereocenters. The summed E-state index contributed by atoms with van der Waals surface area (Å²) in [7, 11) is 0. The number of Topliss-reactive ketones (excluding diaryl/α,β-unsaturated/α-hetero) is 1. The van der Waals surface area contributed by atoms with Gasteiger partial charge in [0.25, 0.3) is 0 Å². The van der Waals surface area contributed by atoms with Crippen LogP contribution in [0, 0.1) is 5.92 Å². The molecule has 2 nitrogen and oxygen atoms in total. The monoisotopic (exact) mass is 218 g/mol. The van der Waals surface area contributed by atoms with Crippen molar-refractivity contribution in [2.24, 2.45) is 5.92 Å². The van der Waals surface area contributed by atoms with Gasteiger partial charge < -0.3 is 4.74 Å². The van der Waals surface area contributed by atoms with E-state index < -0.39 is 0 Å². The molecule has 1 fully saturated rings. The smallest absolute Gasteiger partial charge is 0.159 e. The average Bonchev–Trinajstić information content (AvgIpc) is 2.80. The summed E-state index contributed by atoms with van der Waals surface area (Å²) in [5.41, 5.74) is 0.744. The second-order valence-corrected chi connectivity index (χ2v) is 4.54. The van der Waals surface area contributed by atoms with Gasteiger partial charge in [-0.3, -0.25) is 4.79 Å². The highest BCUT2D eigenvalue weighted by atomic mass is 16.5. The Morgan fingerprint density at radius 2 is 1.88 bits per heavy atom. The van der Waals surface area contributed by atoms with Crippen molar-refractivity contribution in [1.82, 2.24) is 0 Å². The molecule has 1 aromatic carbocycles. The first-order valence-corrected chi connectivity index (χ1v) is 5.99. The number of carbonyl (C=O) groups is 1. The molecule has 0 saturated heterocycles. The summed E-state index contributed by atoms with van der Waals surface area (Å²) in [4.78, 5) is 11.1. The highest BCUT2D eigenvalue weighted by molar-refractivity contribution is 5.94. The van der Waals surface area contributed by atoms with Crippen LogP contribution in [-0.4, -0.2) is 12.4 Å². The lowest BCUT2D eigenvalue weighted by Crippen LogP contribution is -2.08. The Hall–Kier alpha value is -1.31. The van der Waals surface area contributed by atoms with E-state index in [0.29, 0.717) is 0 Å². The minimum atomic E-state index is 0.0994. The summed E-state index contributed by atoms with van der Waals surface area (Å²) in [5, 5.41) is 0. The van der Waals surface area contributed by atoms with Gasteiger partial charge in [-0.1, -0.05) is 12.8 Å². The van der Waals surface area contributed by atoms with Crippen molar-refractivity contribution in [3.8, 4) is 5.75 Å². The minimum Gasteiger partial charge on any atom is -0.493 e. The van der Waals surface area contributed by atoms with Crippen LogP contribution < -0.4 is 4.74 Å². The van der Waals surface area contributed by atoms with Gasteiger partial charge in [0.1, 0.15) is 5.75 Å². The van der Waals surface area contributed by atoms with E-state index in [1.54, 1.807) is 6.92 Å². The Morgan fingerprint density at radius 3 is 2.44 bits per heavy atom. The molecule has 0 heterocycles. The van der Waals surface area contributed by atoms with E-state index in [1.165, 1.54) is 25.7 Å². The summed E-state index contributed by atoms with van der Waals surface area (Å²) in [6.45, 7) is 2.40. The summed E-state index contributed by atoms with van der Waals surface area (Å²) in [6, 6.07) is 7.41. The average molecular weight is 218 g/mol. The number of hydrogen-bond acceptors (Lipinski definition) is 2. The third-order valence-electron chi connectivity index (χ3n) is 3.22. The number of hydrogen-bond donors (Lipinski definition) is 0. The van der Waals surface area contributed by atoms with Gasteiger partial charge in [-0.25, -0.2) is 0 Å². The molecular formula is C14H18O2. The first-order chi connectivity index (χ1) is 7.75. The van der Waals surface area contributed by atoms with Crippen LogP contribution in [0.3, 0.4) is 0 Å². The van der Waals surface area contributed by atoms with Gasteiger partial charge in [0.15, 0.2) is 5.78 Å². The molecule has 2 rings (SSSR count). The fourth-order valence-corrected chi connectivity index (χ4v) is 2.18. The van der Waals surface area contributed by atoms with Crippen LogP contribution in [0.4, 0.5) is 0 Å². The van der Waals surface area contributed by atoms with Crippen molar-refractivity contribution < 1.29 is 9.53 Å². The molecule has 0 radical (unpaired) electrons. The maximum atomic E-state index is 11.1. The number of benzene rings is 1. The van der Waals surface area contributed by atoms with E-state index in [9.17, 15) is 4.79 Å². The molecule has 0 aromatic heterocycles. The number of rotatable bonds is 4. The van der Waals surface area contributed by atoms with Crippen LogP contribution in [-0.2, 0) is 0 Å². The Balaban J connectivity index is 1.87.